The van der Waals surface area contributed by atoms with Crippen LogP contribution in [0.25, 0.3) is 0 Å². The van der Waals surface area contributed by atoms with Crippen molar-refractivity contribution in [1.82, 2.24) is 20.7 Å². The summed E-state index contributed by atoms with van der Waals surface area (Å²) in [6.45, 7) is 9.97. The predicted molar refractivity (Wildman–Crippen MR) is 110 cm³/mol. The molecule has 1 saturated heterocycles. The van der Waals surface area contributed by atoms with Crippen molar-refractivity contribution in [3.63, 3.8) is 0 Å². The van der Waals surface area contributed by atoms with Crippen LogP contribution >= 0.6 is 24.0 Å². The largest absolute Gasteiger partial charge is 0.361 e. The Morgan fingerprint density at radius 1 is 1.36 bits per heavy atom. The molecular formula is C17H30IN5O2. The third-order valence-corrected chi connectivity index (χ3v) is 4.22. The Morgan fingerprint density at radius 2 is 2.16 bits per heavy atom. The number of carbonyl (C=O) groups is 1. The van der Waals surface area contributed by atoms with E-state index in [1.54, 1.807) is 0 Å². The highest BCUT2D eigenvalue weighted by Gasteiger charge is 2.18. The molecule has 0 atom stereocenters. The van der Waals surface area contributed by atoms with Gasteiger partial charge < -0.3 is 20.1 Å². The Bertz CT molecular complexity index is 554. The summed E-state index contributed by atoms with van der Waals surface area (Å²) in [6, 6.07) is 0. The molecule has 142 valence electrons. The van der Waals surface area contributed by atoms with E-state index < -0.39 is 0 Å². The molecule has 0 radical (unpaired) electrons. The van der Waals surface area contributed by atoms with Crippen LogP contribution in [0.4, 0.5) is 0 Å². The van der Waals surface area contributed by atoms with Gasteiger partial charge >= 0.3 is 0 Å². The molecular weight excluding hydrogens is 433 g/mol. The average molecular weight is 463 g/mol. The molecule has 1 aliphatic heterocycles. The molecule has 0 spiro atoms. The first kappa shape index (κ1) is 21.7. The number of hydrogen-bond acceptors (Lipinski definition) is 4. The molecule has 0 aliphatic carbocycles. The first-order chi connectivity index (χ1) is 11.6. The SMILES string of the molecule is CCNC(=NCCCN1CCCC1=O)NCCc1c(C)noc1C.I. The Morgan fingerprint density at radius 3 is 2.76 bits per heavy atom. The summed E-state index contributed by atoms with van der Waals surface area (Å²) in [5.41, 5.74) is 2.11. The second-order valence-corrected chi connectivity index (χ2v) is 6.08. The van der Waals surface area contributed by atoms with E-state index in [9.17, 15) is 4.79 Å². The number of rotatable bonds is 8. The van der Waals surface area contributed by atoms with Crippen LogP contribution in [0.5, 0.6) is 0 Å². The minimum absolute atomic E-state index is 0. The normalized spacial score (nSPS) is 14.6. The summed E-state index contributed by atoms with van der Waals surface area (Å²) >= 11 is 0. The minimum Gasteiger partial charge on any atom is -0.361 e. The van der Waals surface area contributed by atoms with Crippen LogP contribution in [0.3, 0.4) is 0 Å². The van der Waals surface area contributed by atoms with Gasteiger partial charge in [0.1, 0.15) is 5.76 Å². The minimum atomic E-state index is 0. The topological polar surface area (TPSA) is 82.8 Å². The van der Waals surface area contributed by atoms with Crippen LogP contribution in [0.2, 0.25) is 0 Å². The molecule has 2 N–H and O–H groups in total. The monoisotopic (exact) mass is 463 g/mol. The highest BCUT2D eigenvalue weighted by molar-refractivity contribution is 14.0. The second-order valence-electron chi connectivity index (χ2n) is 6.08. The molecule has 2 rings (SSSR count). The van der Waals surface area contributed by atoms with Crippen LogP contribution < -0.4 is 10.6 Å². The maximum absolute atomic E-state index is 11.6. The summed E-state index contributed by atoms with van der Waals surface area (Å²) < 4.78 is 5.18. The highest BCUT2D eigenvalue weighted by atomic mass is 127. The highest BCUT2D eigenvalue weighted by Crippen LogP contribution is 2.12. The molecule has 8 heteroatoms. The molecule has 1 fully saturated rings. The van der Waals surface area contributed by atoms with E-state index in [0.29, 0.717) is 13.0 Å². The lowest BCUT2D eigenvalue weighted by Crippen LogP contribution is -2.38. The van der Waals surface area contributed by atoms with Gasteiger partial charge in [-0.2, -0.15) is 0 Å². The number of likely N-dealkylation sites (tertiary alicyclic amines) is 1. The number of guanidine groups is 1. The number of carbonyl (C=O) groups excluding carboxylic acids is 1. The van der Waals surface area contributed by atoms with Crippen molar-refractivity contribution < 1.29 is 9.32 Å². The first-order valence-corrected chi connectivity index (χ1v) is 8.83. The quantitative estimate of drug-likeness (QED) is 0.267. The Labute approximate surface area is 167 Å². The van der Waals surface area contributed by atoms with E-state index >= 15 is 0 Å². The number of aliphatic imine (C=N–C) groups is 1. The molecule has 0 aromatic carbocycles. The van der Waals surface area contributed by atoms with Crippen molar-refractivity contribution in [3.8, 4) is 0 Å². The van der Waals surface area contributed by atoms with Crippen LogP contribution in [0.15, 0.2) is 9.52 Å². The van der Waals surface area contributed by atoms with Crippen molar-refractivity contribution in [3.05, 3.63) is 17.0 Å². The standard InChI is InChI=1S/C17H29N5O2.HI/c1-4-18-17(19-9-6-12-22-11-5-7-16(22)23)20-10-8-15-13(2)21-24-14(15)3;/h4-12H2,1-3H3,(H2,18,19,20);1H. The molecule has 0 unspecified atom stereocenters. The van der Waals surface area contributed by atoms with Gasteiger partial charge in [0.05, 0.1) is 5.69 Å². The van der Waals surface area contributed by atoms with E-state index in [4.69, 9.17) is 4.52 Å². The zero-order valence-electron chi connectivity index (χ0n) is 15.4. The summed E-state index contributed by atoms with van der Waals surface area (Å²) in [4.78, 5) is 18.1. The lowest BCUT2D eigenvalue weighted by molar-refractivity contribution is -0.127. The van der Waals surface area contributed by atoms with Gasteiger partial charge in [-0.05, 0) is 40.0 Å². The molecule has 1 aliphatic rings. The Hall–Kier alpha value is -1.32. The van der Waals surface area contributed by atoms with E-state index in [-0.39, 0.29) is 29.9 Å². The molecule has 7 nitrogen and oxygen atoms in total. The smallest absolute Gasteiger partial charge is 0.222 e. The number of nitrogens with one attached hydrogen (secondary N) is 2. The zero-order chi connectivity index (χ0) is 17.4. The summed E-state index contributed by atoms with van der Waals surface area (Å²) in [6.07, 6.45) is 3.45. The third-order valence-electron chi connectivity index (χ3n) is 4.22. The number of hydrogen-bond donors (Lipinski definition) is 2. The van der Waals surface area contributed by atoms with Gasteiger partial charge in [-0.15, -0.1) is 24.0 Å². The molecule has 1 amide bonds. The Kier molecular flexibility index (Phi) is 9.84. The first-order valence-electron chi connectivity index (χ1n) is 8.83. The van der Waals surface area contributed by atoms with Crippen molar-refractivity contribution >= 4 is 35.8 Å². The van der Waals surface area contributed by atoms with Crippen LogP contribution in [-0.4, -0.2) is 54.6 Å². The summed E-state index contributed by atoms with van der Waals surface area (Å²) in [5, 5.41) is 10.6. The van der Waals surface area contributed by atoms with Gasteiger partial charge in [-0.1, -0.05) is 5.16 Å². The van der Waals surface area contributed by atoms with Gasteiger partial charge in [0.25, 0.3) is 0 Å². The molecule has 25 heavy (non-hydrogen) atoms. The molecule has 0 saturated carbocycles. The van der Waals surface area contributed by atoms with Crippen molar-refractivity contribution in [2.75, 3.05) is 32.7 Å². The fourth-order valence-corrected chi connectivity index (χ4v) is 2.90. The van der Waals surface area contributed by atoms with E-state index in [2.05, 4.69) is 20.8 Å². The van der Waals surface area contributed by atoms with E-state index in [1.807, 2.05) is 25.7 Å². The van der Waals surface area contributed by atoms with E-state index in [1.165, 1.54) is 0 Å². The van der Waals surface area contributed by atoms with Gasteiger partial charge in [0.2, 0.25) is 5.91 Å². The van der Waals surface area contributed by atoms with Crippen molar-refractivity contribution in [1.29, 1.82) is 0 Å². The number of aryl methyl sites for hydroxylation is 2. The van der Waals surface area contributed by atoms with Gasteiger partial charge in [-0.3, -0.25) is 9.79 Å². The second kappa shape index (κ2) is 11.3. The third kappa shape index (κ3) is 6.83. The number of halogens is 1. The van der Waals surface area contributed by atoms with E-state index in [0.717, 1.165) is 68.4 Å². The summed E-state index contributed by atoms with van der Waals surface area (Å²) in [7, 11) is 0. The maximum atomic E-state index is 11.6. The van der Waals surface area contributed by atoms with Crippen LogP contribution in [-0.2, 0) is 11.2 Å². The molecule has 1 aromatic rings. The number of amides is 1. The number of aromatic nitrogens is 1. The van der Waals surface area contributed by atoms with Crippen molar-refractivity contribution in [2.24, 2.45) is 4.99 Å². The molecule has 2 heterocycles. The summed E-state index contributed by atoms with van der Waals surface area (Å²) in [5.74, 6) is 1.98. The fourth-order valence-electron chi connectivity index (χ4n) is 2.90. The Balaban J connectivity index is 0.00000312. The van der Waals surface area contributed by atoms with Crippen molar-refractivity contribution in [2.45, 2.75) is 46.5 Å². The lowest BCUT2D eigenvalue weighted by atomic mass is 10.1. The number of nitrogens with zero attached hydrogens (tertiary/aromatic N) is 3. The predicted octanol–water partition coefficient (Wildman–Crippen LogP) is 2.02. The van der Waals surface area contributed by atoms with Gasteiger partial charge in [0.15, 0.2) is 5.96 Å². The maximum Gasteiger partial charge on any atom is 0.222 e. The van der Waals surface area contributed by atoms with Gasteiger partial charge in [-0.25, -0.2) is 0 Å². The average Bonchev–Trinajstić information content (AvgIpc) is 3.11. The van der Waals surface area contributed by atoms with Crippen LogP contribution in [0.1, 0.15) is 43.2 Å². The van der Waals surface area contributed by atoms with Crippen LogP contribution in [0, 0.1) is 13.8 Å². The molecule has 0 bridgehead atoms. The zero-order valence-corrected chi connectivity index (χ0v) is 17.8. The fraction of sp³-hybridized carbons (Fsp3) is 0.706. The molecule has 1 aromatic heterocycles. The van der Waals surface area contributed by atoms with Gasteiger partial charge in [0, 0.05) is 44.7 Å². The lowest BCUT2D eigenvalue weighted by Gasteiger charge is -2.15.